The first-order valence-corrected chi connectivity index (χ1v) is 5.91. The second kappa shape index (κ2) is 4.09. The van der Waals surface area contributed by atoms with Crippen molar-refractivity contribution in [2.75, 3.05) is 0 Å². The largest absolute Gasteiger partial charge is 0.419 e. The molecule has 2 unspecified atom stereocenters. The van der Waals surface area contributed by atoms with Crippen molar-refractivity contribution in [1.29, 1.82) is 0 Å². The lowest BCUT2D eigenvalue weighted by atomic mass is 10.1. The summed E-state index contributed by atoms with van der Waals surface area (Å²) in [6.45, 7) is 0. The molecule has 19 heavy (non-hydrogen) atoms. The lowest BCUT2D eigenvalue weighted by Crippen LogP contribution is -2.21. The quantitative estimate of drug-likeness (QED) is 0.863. The second-order valence-corrected chi connectivity index (χ2v) is 4.70. The summed E-state index contributed by atoms with van der Waals surface area (Å²) in [5.74, 6) is 0. The molecule has 0 saturated carbocycles. The van der Waals surface area contributed by atoms with E-state index in [1.54, 1.807) is 0 Å². The number of rotatable bonds is 1. The number of halogens is 3. The molecule has 0 amide bonds. The van der Waals surface area contributed by atoms with Crippen molar-refractivity contribution in [3.8, 4) is 0 Å². The molecule has 0 spiro atoms. The standard InChI is InChI=1S/C13H12F3N3/c14-13(15,16)9-6-18-19(7-9)11-5-8-3-1-2-4-10(8)12(11)17/h1-4,6-7,11-12H,5,17H2. The summed E-state index contributed by atoms with van der Waals surface area (Å²) >= 11 is 0. The lowest BCUT2D eigenvalue weighted by molar-refractivity contribution is -0.137. The Morgan fingerprint density at radius 3 is 2.63 bits per heavy atom. The number of benzene rings is 1. The molecule has 0 aliphatic heterocycles. The third-order valence-electron chi connectivity index (χ3n) is 3.53. The number of hydrogen-bond acceptors (Lipinski definition) is 2. The predicted octanol–water partition coefficient (Wildman–Crippen LogP) is 2.70. The van der Waals surface area contributed by atoms with Crippen LogP contribution in [0.15, 0.2) is 36.7 Å². The predicted molar refractivity (Wildman–Crippen MR) is 63.3 cm³/mol. The van der Waals surface area contributed by atoms with Gasteiger partial charge in [0, 0.05) is 6.20 Å². The maximum absolute atomic E-state index is 12.6. The zero-order valence-corrected chi connectivity index (χ0v) is 9.93. The van der Waals surface area contributed by atoms with Gasteiger partial charge in [0.15, 0.2) is 0 Å². The van der Waals surface area contributed by atoms with Gasteiger partial charge in [-0.25, -0.2) is 0 Å². The van der Waals surface area contributed by atoms with Gasteiger partial charge < -0.3 is 5.73 Å². The molecule has 3 nitrogen and oxygen atoms in total. The van der Waals surface area contributed by atoms with E-state index in [4.69, 9.17) is 5.73 Å². The van der Waals surface area contributed by atoms with Crippen LogP contribution >= 0.6 is 0 Å². The topological polar surface area (TPSA) is 43.8 Å². The van der Waals surface area contributed by atoms with E-state index in [0.29, 0.717) is 6.42 Å². The molecule has 0 bridgehead atoms. The molecule has 1 aliphatic carbocycles. The normalized spacial score (nSPS) is 22.5. The Morgan fingerprint density at radius 1 is 1.26 bits per heavy atom. The summed E-state index contributed by atoms with van der Waals surface area (Å²) in [7, 11) is 0. The summed E-state index contributed by atoms with van der Waals surface area (Å²) in [4.78, 5) is 0. The molecule has 1 aliphatic rings. The van der Waals surface area contributed by atoms with E-state index in [0.717, 1.165) is 23.5 Å². The maximum Gasteiger partial charge on any atom is 0.419 e. The van der Waals surface area contributed by atoms with Crippen LogP contribution in [-0.4, -0.2) is 9.78 Å². The monoisotopic (exact) mass is 267 g/mol. The molecule has 2 N–H and O–H groups in total. The Labute approximate surface area is 107 Å². The van der Waals surface area contributed by atoms with E-state index in [2.05, 4.69) is 5.10 Å². The molecule has 0 fully saturated rings. The van der Waals surface area contributed by atoms with Gasteiger partial charge in [-0.1, -0.05) is 24.3 Å². The smallest absolute Gasteiger partial charge is 0.322 e. The number of alkyl halides is 3. The number of nitrogens with zero attached hydrogens (tertiary/aromatic N) is 2. The van der Waals surface area contributed by atoms with Gasteiger partial charge >= 0.3 is 6.18 Å². The average molecular weight is 267 g/mol. The third kappa shape index (κ3) is 2.02. The van der Waals surface area contributed by atoms with Crippen molar-refractivity contribution in [2.45, 2.75) is 24.7 Å². The summed E-state index contributed by atoms with van der Waals surface area (Å²) < 4.78 is 39.0. The van der Waals surface area contributed by atoms with Crippen molar-refractivity contribution in [2.24, 2.45) is 5.73 Å². The van der Waals surface area contributed by atoms with Crippen LogP contribution in [0.3, 0.4) is 0 Å². The van der Waals surface area contributed by atoms with Gasteiger partial charge in [0.1, 0.15) is 0 Å². The zero-order valence-electron chi connectivity index (χ0n) is 9.93. The minimum Gasteiger partial charge on any atom is -0.322 e. The molecule has 3 rings (SSSR count). The van der Waals surface area contributed by atoms with Crippen molar-refractivity contribution in [3.63, 3.8) is 0 Å². The molecule has 6 heteroatoms. The fraction of sp³-hybridized carbons (Fsp3) is 0.308. The van der Waals surface area contributed by atoms with Crippen LogP contribution in [0, 0.1) is 0 Å². The summed E-state index contributed by atoms with van der Waals surface area (Å²) in [6.07, 6.45) is -1.89. The lowest BCUT2D eigenvalue weighted by Gasteiger charge is -2.16. The first-order chi connectivity index (χ1) is 8.97. The van der Waals surface area contributed by atoms with E-state index in [1.807, 2.05) is 24.3 Å². The Morgan fingerprint density at radius 2 is 2.00 bits per heavy atom. The Bertz CT molecular complexity index is 603. The van der Waals surface area contributed by atoms with Crippen LogP contribution in [0.4, 0.5) is 13.2 Å². The highest BCUT2D eigenvalue weighted by Crippen LogP contribution is 2.38. The minimum absolute atomic E-state index is 0.256. The van der Waals surface area contributed by atoms with Crippen LogP contribution in [-0.2, 0) is 12.6 Å². The fourth-order valence-corrected chi connectivity index (χ4v) is 2.53. The van der Waals surface area contributed by atoms with Gasteiger partial charge in [-0.05, 0) is 17.5 Å². The molecule has 1 aromatic heterocycles. The highest BCUT2D eigenvalue weighted by Gasteiger charge is 2.35. The Hall–Kier alpha value is -1.82. The molecule has 100 valence electrons. The molecular formula is C13H12F3N3. The van der Waals surface area contributed by atoms with E-state index in [9.17, 15) is 13.2 Å². The number of nitrogens with two attached hydrogens (primary N) is 1. The molecule has 2 atom stereocenters. The molecule has 0 radical (unpaired) electrons. The summed E-state index contributed by atoms with van der Waals surface area (Å²) in [5, 5.41) is 3.81. The first-order valence-electron chi connectivity index (χ1n) is 5.91. The zero-order chi connectivity index (χ0) is 13.6. The van der Waals surface area contributed by atoms with Gasteiger partial charge in [0.25, 0.3) is 0 Å². The van der Waals surface area contributed by atoms with Crippen LogP contribution in [0.2, 0.25) is 0 Å². The van der Waals surface area contributed by atoms with Gasteiger partial charge in [0.2, 0.25) is 0 Å². The van der Waals surface area contributed by atoms with Gasteiger partial charge in [-0.3, -0.25) is 4.68 Å². The average Bonchev–Trinajstić information content (AvgIpc) is 2.94. The molecule has 0 saturated heterocycles. The molecule has 2 aromatic rings. The summed E-state index contributed by atoms with van der Waals surface area (Å²) in [5.41, 5.74) is 7.41. The van der Waals surface area contributed by atoms with Crippen LogP contribution in [0.25, 0.3) is 0 Å². The first kappa shape index (κ1) is 12.2. The van der Waals surface area contributed by atoms with E-state index in [-0.39, 0.29) is 12.1 Å². The van der Waals surface area contributed by atoms with Crippen molar-refractivity contribution in [3.05, 3.63) is 53.3 Å². The van der Waals surface area contributed by atoms with Gasteiger partial charge in [-0.2, -0.15) is 18.3 Å². The minimum atomic E-state index is -4.37. The molecule has 1 heterocycles. The molecular weight excluding hydrogens is 255 g/mol. The van der Waals surface area contributed by atoms with E-state index >= 15 is 0 Å². The highest BCUT2D eigenvalue weighted by atomic mass is 19.4. The number of fused-ring (bicyclic) bond motifs is 1. The summed E-state index contributed by atoms with van der Waals surface area (Å²) in [6, 6.07) is 7.06. The van der Waals surface area contributed by atoms with Gasteiger partial charge in [-0.15, -0.1) is 0 Å². The van der Waals surface area contributed by atoms with Crippen molar-refractivity contribution in [1.82, 2.24) is 9.78 Å². The van der Waals surface area contributed by atoms with Crippen LogP contribution in [0.1, 0.15) is 28.8 Å². The van der Waals surface area contributed by atoms with E-state index < -0.39 is 11.7 Å². The van der Waals surface area contributed by atoms with Gasteiger partial charge in [0.05, 0.1) is 23.8 Å². The van der Waals surface area contributed by atoms with Crippen molar-refractivity contribution >= 4 is 0 Å². The fourth-order valence-electron chi connectivity index (χ4n) is 2.53. The maximum atomic E-state index is 12.6. The third-order valence-corrected chi connectivity index (χ3v) is 3.53. The SMILES string of the molecule is NC1c2ccccc2CC1n1cc(C(F)(F)F)cn1. The second-order valence-electron chi connectivity index (χ2n) is 4.70. The number of hydrogen-bond donors (Lipinski definition) is 1. The number of aromatic nitrogens is 2. The molecule has 1 aromatic carbocycles. The Balaban J connectivity index is 1.92. The van der Waals surface area contributed by atoms with Crippen molar-refractivity contribution < 1.29 is 13.2 Å². The van der Waals surface area contributed by atoms with Crippen LogP contribution < -0.4 is 5.73 Å². The van der Waals surface area contributed by atoms with Crippen LogP contribution in [0.5, 0.6) is 0 Å². The highest BCUT2D eigenvalue weighted by molar-refractivity contribution is 5.36. The van der Waals surface area contributed by atoms with E-state index in [1.165, 1.54) is 4.68 Å². The Kier molecular flexibility index (Phi) is 2.63.